The van der Waals surface area contributed by atoms with E-state index in [4.69, 9.17) is 5.11 Å². The molecule has 9 atom stereocenters. The van der Waals surface area contributed by atoms with Gasteiger partial charge in [0.25, 0.3) is 0 Å². The summed E-state index contributed by atoms with van der Waals surface area (Å²) in [6, 6.07) is 0. The molecule has 3 heteroatoms. The van der Waals surface area contributed by atoms with Gasteiger partial charge < -0.3 is 10.2 Å². The van der Waals surface area contributed by atoms with Crippen LogP contribution in [-0.4, -0.2) is 22.3 Å². The summed E-state index contributed by atoms with van der Waals surface area (Å²) >= 11 is 0. The molecule has 0 saturated heterocycles. The molecule has 0 aliphatic heterocycles. The van der Waals surface area contributed by atoms with E-state index in [1.165, 1.54) is 51.4 Å². The highest BCUT2D eigenvalue weighted by Gasteiger charge is 2.59. The van der Waals surface area contributed by atoms with Crippen molar-refractivity contribution in [1.82, 2.24) is 0 Å². The molecule has 0 heterocycles. The number of fused-ring (bicyclic) bond motifs is 5. The summed E-state index contributed by atoms with van der Waals surface area (Å²) in [5.41, 5.74) is 0.861. The zero-order chi connectivity index (χ0) is 20.1. The molecule has 4 fully saturated rings. The van der Waals surface area contributed by atoms with Crippen LogP contribution in [0.3, 0.4) is 0 Å². The third-order valence-electron chi connectivity index (χ3n) is 10.5. The highest BCUT2D eigenvalue weighted by molar-refractivity contribution is 5.66. The molecule has 4 saturated carbocycles. The number of carbonyl (C=O) groups is 1. The van der Waals surface area contributed by atoms with Gasteiger partial charge in [-0.3, -0.25) is 4.79 Å². The first-order chi connectivity index (χ1) is 13.3. The number of hydrogen-bond donors (Lipinski definition) is 2. The van der Waals surface area contributed by atoms with Crippen LogP contribution in [0, 0.1) is 46.3 Å². The molecule has 0 amide bonds. The van der Waals surface area contributed by atoms with Crippen molar-refractivity contribution in [3.05, 3.63) is 0 Å². The van der Waals surface area contributed by atoms with Crippen LogP contribution in [0.15, 0.2) is 0 Å². The number of rotatable bonds is 4. The normalized spacial score (nSPS) is 49.4. The van der Waals surface area contributed by atoms with Gasteiger partial charge in [-0.05, 0) is 111 Å². The van der Waals surface area contributed by atoms with Crippen molar-refractivity contribution in [2.24, 2.45) is 46.3 Å². The van der Waals surface area contributed by atoms with Gasteiger partial charge in [-0.15, -0.1) is 0 Å². The molecular formula is C25H42O3. The molecule has 2 N–H and O–H groups in total. The Labute approximate surface area is 171 Å². The zero-order valence-corrected chi connectivity index (χ0v) is 18.3. The van der Waals surface area contributed by atoms with Crippen LogP contribution in [0.5, 0.6) is 0 Å². The first-order valence-corrected chi connectivity index (χ1v) is 12.2. The quantitative estimate of drug-likeness (QED) is 0.628. The van der Waals surface area contributed by atoms with E-state index in [9.17, 15) is 9.90 Å². The van der Waals surface area contributed by atoms with E-state index in [-0.39, 0.29) is 6.10 Å². The van der Waals surface area contributed by atoms with Crippen LogP contribution in [0.4, 0.5) is 0 Å². The van der Waals surface area contributed by atoms with Crippen LogP contribution < -0.4 is 0 Å². The molecule has 4 aliphatic carbocycles. The van der Waals surface area contributed by atoms with Gasteiger partial charge in [0.1, 0.15) is 0 Å². The predicted molar refractivity (Wildman–Crippen MR) is 112 cm³/mol. The molecule has 4 aliphatic rings. The molecule has 0 aromatic heterocycles. The smallest absolute Gasteiger partial charge is 0.303 e. The average Bonchev–Trinajstić information content (AvgIpc) is 2.65. The van der Waals surface area contributed by atoms with E-state index in [0.717, 1.165) is 42.9 Å². The van der Waals surface area contributed by atoms with Crippen molar-refractivity contribution in [3.8, 4) is 0 Å². The maximum absolute atomic E-state index is 11.1. The summed E-state index contributed by atoms with van der Waals surface area (Å²) in [5, 5.41) is 19.4. The molecular weight excluding hydrogens is 348 g/mol. The Kier molecular flexibility index (Phi) is 5.61. The van der Waals surface area contributed by atoms with Crippen LogP contribution >= 0.6 is 0 Å². The van der Waals surface area contributed by atoms with Crippen molar-refractivity contribution >= 4 is 5.97 Å². The number of carboxylic acids is 1. The lowest BCUT2D eigenvalue weighted by atomic mass is 9.41. The lowest BCUT2D eigenvalue weighted by molar-refractivity contribution is -0.157. The minimum Gasteiger partial charge on any atom is -0.481 e. The van der Waals surface area contributed by atoms with E-state index >= 15 is 0 Å². The molecule has 0 aromatic rings. The zero-order valence-electron chi connectivity index (χ0n) is 18.3. The van der Waals surface area contributed by atoms with Gasteiger partial charge in [0.05, 0.1) is 6.10 Å². The van der Waals surface area contributed by atoms with Crippen LogP contribution in [0.2, 0.25) is 0 Å². The van der Waals surface area contributed by atoms with Crippen LogP contribution in [-0.2, 0) is 4.79 Å². The molecule has 4 rings (SSSR count). The molecule has 0 bridgehead atoms. The molecule has 3 nitrogen and oxygen atoms in total. The van der Waals surface area contributed by atoms with Crippen molar-refractivity contribution in [2.45, 2.75) is 104 Å². The van der Waals surface area contributed by atoms with Gasteiger partial charge in [0, 0.05) is 6.42 Å². The van der Waals surface area contributed by atoms with Crippen molar-refractivity contribution < 1.29 is 15.0 Å². The van der Waals surface area contributed by atoms with Crippen LogP contribution in [0.25, 0.3) is 0 Å². The van der Waals surface area contributed by atoms with Gasteiger partial charge in [0.2, 0.25) is 0 Å². The van der Waals surface area contributed by atoms with Gasteiger partial charge in [-0.25, -0.2) is 0 Å². The summed E-state index contributed by atoms with van der Waals surface area (Å²) in [6.45, 7) is 7.47. The molecule has 0 aromatic carbocycles. The summed E-state index contributed by atoms with van der Waals surface area (Å²) < 4.78 is 0. The highest BCUT2D eigenvalue weighted by Crippen LogP contribution is 2.67. The van der Waals surface area contributed by atoms with E-state index < -0.39 is 5.97 Å². The van der Waals surface area contributed by atoms with Crippen molar-refractivity contribution in [1.29, 1.82) is 0 Å². The van der Waals surface area contributed by atoms with E-state index in [0.29, 0.717) is 29.1 Å². The predicted octanol–water partition coefficient (Wildman–Crippen LogP) is 5.90. The monoisotopic (exact) mass is 390 g/mol. The third-order valence-corrected chi connectivity index (χ3v) is 10.5. The molecule has 160 valence electrons. The van der Waals surface area contributed by atoms with E-state index in [1.54, 1.807) is 0 Å². The minimum absolute atomic E-state index is 0.0578. The fourth-order valence-electron chi connectivity index (χ4n) is 8.96. The summed E-state index contributed by atoms with van der Waals surface area (Å²) in [4.78, 5) is 11.1. The Bertz CT molecular complexity index is 588. The van der Waals surface area contributed by atoms with Crippen molar-refractivity contribution in [3.63, 3.8) is 0 Å². The first-order valence-electron chi connectivity index (χ1n) is 12.2. The topological polar surface area (TPSA) is 57.5 Å². The fourth-order valence-corrected chi connectivity index (χ4v) is 8.96. The molecule has 28 heavy (non-hydrogen) atoms. The Hall–Kier alpha value is -0.570. The molecule has 9 unspecified atom stereocenters. The standard InChI is InChI=1S/C25H42O3/c1-16(7-10-23(27)28)20-5-4-6-21-19-9-8-17-15-18(26)11-13-24(17,2)22(19)12-14-25(20,21)3/h16-22,26H,4-15H2,1-3H3,(H,27,28). The Morgan fingerprint density at radius 1 is 1.00 bits per heavy atom. The molecule has 0 spiro atoms. The maximum Gasteiger partial charge on any atom is 0.303 e. The van der Waals surface area contributed by atoms with Gasteiger partial charge >= 0.3 is 5.97 Å². The lowest BCUT2D eigenvalue weighted by Crippen LogP contribution is -2.57. The van der Waals surface area contributed by atoms with E-state index in [2.05, 4.69) is 20.8 Å². The fraction of sp³-hybridized carbons (Fsp3) is 0.960. The molecule has 0 radical (unpaired) electrons. The van der Waals surface area contributed by atoms with Gasteiger partial charge in [0.15, 0.2) is 0 Å². The number of aliphatic carboxylic acids is 1. The number of hydrogen-bond acceptors (Lipinski definition) is 2. The van der Waals surface area contributed by atoms with Gasteiger partial charge in [-0.2, -0.15) is 0 Å². The maximum atomic E-state index is 11.1. The summed E-state index contributed by atoms with van der Waals surface area (Å²) in [7, 11) is 0. The number of aliphatic hydroxyl groups is 1. The summed E-state index contributed by atoms with van der Waals surface area (Å²) in [6.07, 6.45) is 13.8. The minimum atomic E-state index is -0.640. The second kappa shape index (κ2) is 7.60. The second-order valence-electron chi connectivity index (χ2n) is 11.6. The SMILES string of the molecule is CC(CCC(=O)O)C1CCCC2C3CCC4CC(O)CCC4(C)C3CCC12C. The highest BCUT2D eigenvalue weighted by atomic mass is 16.4. The number of carboxylic acid groups (broad SMARTS) is 1. The Morgan fingerprint density at radius 2 is 1.71 bits per heavy atom. The average molecular weight is 391 g/mol. The Balaban J connectivity index is 1.54. The Morgan fingerprint density at radius 3 is 2.46 bits per heavy atom. The third kappa shape index (κ3) is 3.34. The van der Waals surface area contributed by atoms with E-state index in [1.807, 2.05) is 0 Å². The first kappa shape index (κ1) is 20.7. The lowest BCUT2D eigenvalue weighted by Gasteiger charge is -2.64. The largest absolute Gasteiger partial charge is 0.481 e. The van der Waals surface area contributed by atoms with Crippen LogP contribution in [0.1, 0.15) is 97.8 Å². The van der Waals surface area contributed by atoms with Crippen molar-refractivity contribution in [2.75, 3.05) is 0 Å². The second-order valence-corrected chi connectivity index (χ2v) is 11.6. The number of aliphatic hydroxyl groups excluding tert-OH is 1. The van der Waals surface area contributed by atoms with Gasteiger partial charge in [-0.1, -0.05) is 27.2 Å². The summed E-state index contributed by atoms with van der Waals surface area (Å²) in [5.74, 6) is 3.87.